The fourth-order valence-electron chi connectivity index (χ4n) is 0. The molecule has 0 heterocycles. The van der Waals surface area contributed by atoms with Crippen molar-refractivity contribution < 1.29 is 3.83 Å². The first-order valence-corrected chi connectivity index (χ1v) is 4.63. The minimum atomic E-state index is 0.736. The Morgan fingerprint density at radius 3 is 1.71 bits per heavy atom. The quantitative estimate of drug-likeness (QED) is 0.558. The van der Waals surface area contributed by atoms with Crippen molar-refractivity contribution in [3.05, 3.63) is 0 Å². The zero-order valence-electron chi connectivity index (χ0n) is 5.20. The largest absolute Gasteiger partial charge is 0.308 e. The molecule has 44 valence electrons. The summed E-state index contributed by atoms with van der Waals surface area (Å²) >= 11 is 4.12. The smallest absolute Gasteiger partial charge is 0.211 e. The fourth-order valence-corrected chi connectivity index (χ4v) is 0. The van der Waals surface area contributed by atoms with E-state index in [4.69, 9.17) is 0 Å². The summed E-state index contributed by atoms with van der Waals surface area (Å²) in [4.78, 5) is 0. The second-order valence-electron chi connectivity index (χ2n) is 1.10. The van der Waals surface area contributed by atoms with Gasteiger partial charge in [-0.1, -0.05) is 6.92 Å². The van der Waals surface area contributed by atoms with Gasteiger partial charge in [0, 0.05) is 0 Å². The van der Waals surface area contributed by atoms with Gasteiger partial charge in [0.05, 0.1) is 22.9 Å². The van der Waals surface area contributed by atoms with Crippen LogP contribution in [0.3, 0.4) is 0 Å². The van der Waals surface area contributed by atoms with Gasteiger partial charge in [0.15, 0.2) is 0 Å². The van der Waals surface area contributed by atoms with Crippen LogP contribution in [0.15, 0.2) is 0 Å². The van der Waals surface area contributed by atoms with E-state index in [1.807, 2.05) is 6.92 Å². The van der Waals surface area contributed by atoms with Gasteiger partial charge in [0.2, 0.25) is 16.3 Å². The monoisotopic (exact) mass is 182 g/mol. The lowest BCUT2D eigenvalue weighted by molar-refractivity contribution is 0.426. The van der Waals surface area contributed by atoms with E-state index >= 15 is 0 Å². The number of rotatable bonds is 1. The van der Waals surface area contributed by atoms with E-state index in [0.29, 0.717) is 0 Å². The highest BCUT2D eigenvalue weighted by Crippen LogP contribution is 1.76. The number of halogens is 1. The molecule has 0 bridgehead atoms. The van der Waals surface area contributed by atoms with E-state index in [0.717, 1.165) is 6.61 Å². The molecule has 0 rings (SSSR count). The van der Waals surface area contributed by atoms with Gasteiger partial charge in [-0.05, 0) is 6.92 Å². The molecule has 0 atom stereocenters. The third-order valence-corrected chi connectivity index (χ3v) is 0.567. The molecule has 7 heavy (non-hydrogen) atoms. The van der Waals surface area contributed by atoms with E-state index in [2.05, 4.69) is 27.0 Å². The van der Waals surface area contributed by atoms with E-state index in [9.17, 15) is 0 Å². The van der Waals surface area contributed by atoms with Crippen molar-refractivity contribution in [2.45, 2.75) is 19.1 Å². The van der Waals surface area contributed by atoms with Crippen LogP contribution in [0.1, 0.15) is 13.8 Å². The van der Waals surface area contributed by atoms with E-state index < -0.39 is 0 Å². The molecule has 0 unspecified atom stereocenters. The van der Waals surface area contributed by atoms with Gasteiger partial charge in [-0.25, -0.2) is 0 Å². The van der Waals surface area contributed by atoms with E-state index in [1.165, 1.54) is 21.6 Å². The predicted octanol–water partition coefficient (Wildman–Crippen LogP) is 1.39. The topological polar surface area (TPSA) is 9.23 Å². The van der Waals surface area contributed by atoms with Gasteiger partial charge in [0.25, 0.3) is 0 Å². The molecule has 0 saturated carbocycles. The first kappa shape index (κ1) is 10.9. The van der Waals surface area contributed by atoms with Gasteiger partial charge in [0.1, 0.15) is 0 Å². The third kappa shape index (κ3) is 44.3. The van der Waals surface area contributed by atoms with Crippen LogP contribution in [0.2, 0.25) is 5.28 Å². The van der Waals surface area contributed by atoms with Crippen LogP contribution in [0.25, 0.3) is 0 Å². The lowest BCUT2D eigenvalue weighted by atomic mass is 10.9. The van der Waals surface area contributed by atoms with Gasteiger partial charge in [-0.3, -0.25) is 0 Å². The zero-order valence-corrected chi connectivity index (χ0v) is 8.79. The van der Waals surface area contributed by atoms with Crippen LogP contribution >= 0.6 is 16.3 Å². The van der Waals surface area contributed by atoms with Crippen molar-refractivity contribution >= 4 is 32.5 Å². The SMILES string of the molecule is CCOBr.C[CH2][AlH2]. The molecule has 0 fully saturated rings. The molecule has 0 aromatic carbocycles. The summed E-state index contributed by atoms with van der Waals surface area (Å²) in [7, 11) is 0. The summed E-state index contributed by atoms with van der Waals surface area (Å²) in [6.45, 7) is 4.83. The Morgan fingerprint density at radius 2 is 1.71 bits per heavy atom. The van der Waals surface area contributed by atoms with Crippen molar-refractivity contribution in [3.8, 4) is 0 Å². The molecule has 0 aliphatic carbocycles. The normalized spacial score (nSPS) is 6.71. The highest BCUT2D eigenvalue weighted by molar-refractivity contribution is 9.06. The first-order valence-electron chi connectivity index (χ1n) is 2.56. The maximum atomic E-state index is 4.35. The highest BCUT2D eigenvalue weighted by atomic mass is 79.9. The van der Waals surface area contributed by atoms with Crippen molar-refractivity contribution in [2.24, 2.45) is 0 Å². The Balaban J connectivity index is 0. The van der Waals surface area contributed by atoms with E-state index in [-0.39, 0.29) is 0 Å². The highest BCUT2D eigenvalue weighted by Gasteiger charge is 1.55. The standard InChI is InChI=1S/C2H5BrO.C2H5.Al.2H/c1-2-4-3;1-2;;;/h2H2,1H3;1H2,2H3;;;. The van der Waals surface area contributed by atoms with Crippen molar-refractivity contribution in [3.63, 3.8) is 0 Å². The third-order valence-electron chi connectivity index (χ3n) is 0.109. The van der Waals surface area contributed by atoms with Crippen molar-refractivity contribution in [1.82, 2.24) is 0 Å². The molecule has 0 N–H and O–H groups in total. The van der Waals surface area contributed by atoms with Crippen LogP contribution in [-0.4, -0.2) is 22.9 Å². The molecule has 3 heteroatoms. The first-order chi connectivity index (χ1) is 3.33. The summed E-state index contributed by atoms with van der Waals surface area (Å²) in [6, 6.07) is 0. The molecule has 0 spiro atoms. The Bertz CT molecular complexity index is 19.2. The van der Waals surface area contributed by atoms with Crippen LogP contribution < -0.4 is 0 Å². The lowest BCUT2D eigenvalue weighted by Gasteiger charge is -1.71. The van der Waals surface area contributed by atoms with Crippen molar-refractivity contribution in [1.29, 1.82) is 0 Å². The summed E-state index contributed by atoms with van der Waals surface area (Å²) in [5.74, 6) is 0. The molecule has 0 aliphatic rings. The molecule has 0 aromatic rings. The molecule has 0 aromatic heterocycles. The second kappa shape index (κ2) is 15.8. The second-order valence-corrected chi connectivity index (χ2v) is 2.98. The molecule has 0 amide bonds. The maximum Gasteiger partial charge on any atom is 0.211 e. The molecular weight excluding hydrogens is 171 g/mol. The zero-order chi connectivity index (χ0) is 6.12. The van der Waals surface area contributed by atoms with Crippen LogP contribution in [0, 0.1) is 0 Å². The Labute approximate surface area is 62.3 Å². The van der Waals surface area contributed by atoms with Crippen LogP contribution in [-0.2, 0) is 3.83 Å². The number of hydrogen-bond acceptors (Lipinski definition) is 1. The molecule has 0 aliphatic heterocycles. The minimum Gasteiger partial charge on any atom is -0.308 e. The minimum absolute atomic E-state index is 0.736. The average molecular weight is 183 g/mol. The Kier molecular flexibility index (Phi) is 24.5. The van der Waals surface area contributed by atoms with E-state index in [1.54, 1.807) is 0 Å². The van der Waals surface area contributed by atoms with Gasteiger partial charge in [-0.2, -0.15) is 0 Å². The molecule has 0 saturated heterocycles. The lowest BCUT2D eigenvalue weighted by Crippen LogP contribution is -1.63. The molecular formula is C4H12AlBrO. The van der Waals surface area contributed by atoms with Crippen molar-refractivity contribution in [2.75, 3.05) is 6.61 Å². The summed E-state index contributed by atoms with van der Waals surface area (Å²) in [5, 5.41) is 1.39. The van der Waals surface area contributed by atoms with Gasteiger partial charge in [-0.15, -0.1) is 5.28 Å². The summed E-state index contributed by atoms with van der Waals surface area (Å²) in [6.07, 6.45) is 0. The van der Waals surface area contributed by atoms with Gasteiger partial charge < -0.3 is 3.83 Å². The average Bonchev–Trinajstić information content (AvgIpc) is 1.69. The summed E-state index contributed by atoms with van der Waals surface area (Å²) in [5.41, 5.74) is 0. The van der Waals surface area contributed by atoms with Crippen LogP contribution in [0.5, 0.6) is 0 Å². The van der Waals surface area contributed by atoms with Gasteiger partial charge >= 0.3 is 0 Å². The fraction of sp³-hybridized carbons (Fsp3) is 1.00. The molecule has 0 radical (unpaired) electrons. The van der Waals surface area contributed by atoms with Crippen LogP contribution in [0.4, 0.5) is 0 Å². The predicted molar refractivity (Wildman–Crippen MR) is 39.6 cm³/mol. The molecule has 1 nitrogen and oxygen atoms in total. The Hall–Kier alpha value is 0.972. The summed E-state index contributed by atoms with van der Waals surface area (Å²) < 4.78 is 4.35. The Morgan fingerprint density at radius 1 is 1.57 bits per heavy atom. The number of hydrogen-bond donors (Lipinski definition) is 0. The maximum absolute atomic E-state index is 4.35.